The number of amides is 1. The monoisotopic (exact) mass is 378 g/mol. The Kier molecular flexibility index (Phi) is 6.16. The van der Waals surface area contributed by atoms with Gasteiger partial charge in [0.2, 0.25) is 5.43 Å². The van der Waals surface area contributed by atoms with Gasteiger partial charge >= 0.3 is 0 Å². The van der Waals surface area contributed by atoms with Crippen molar-refractivity contribution in [2.24, 2.45) is 7.05 Å². The lowest BCUT2D eigenvalue weighted by Crippen LogP contribution is -2.36. The zero-order valence-electron chi connectivity index (χ0n) is 15.8. The molecule has 144 valence electrons. The van der Waals surface area contributed by atoms with Crippen molar-refractivity contribution >= 4 is 5.91 Å². The standard InChI is InChI=1S/C21H22N4O3/c1-15(12-17-13-22-9-10-23-17)24-21(27)19-20(18(26)8-11-25(19)2)28-14-16-6-4-3-5-7-16/h3-11,13,15H,12,14H2,1-2H3,(H,24,27). The molecule has 28 heavy (non-hydrogen) atoms. The molecule has 0 aliphatic rings. The van der Waals surface area contributed by atoms with Crippen molar-refractivity contribution in [3.05, 3.63) is 88.4 Å². The molecule has 1 aromatic carbocycles. The van der Waals surface area contributed by atoms with Crippen LogP contribution in [0.2, 0.25) is 0 Å². The number of nitrogens with zero attached hydrogens (tertiary/aromatic N) is 3. The van der Waals surface area contributed by atoms with Gasteiger partial charge in [-0.25, -0.2) is 0 Å². The summed E-state index contributed by atoms with van der Waals surface area (Å²) in [7, 11) is 1.71. The van der Waals surface area contributed by atoms with E-state index in [0.717, 1.165) is 11.3 Å². The summed E-state index contributed by atoms with van der Waals surface area (Å²) in [6, 6.07) is 10.7. The number of carbonyl (C=O) groups is 1. The number of hydrogen-bond acceptors (Lipinski definition) is 5. The van der Waals surface area contributed by atoms with Crippen LogP contribution in [0.3, 0.4) is 0 Å². The molecule has 0 saturated carbocycles. The van der Waals surface area contributed by atoms with Crippen molar-refractivity contribution in [1.29, 1.82) is 0 Å². The number of rotatable bonds is 7. The van der Waals surface area contributed by atoms with Crippen LogP contribution in [0.15, 0.2) is 66.0 Å². The summed E-state index contributed by atoms with van der Waals surface area (Å²) < 4.78 is 7.33. The molecule has 0 bridgehead atoms. The van der Waals surface area contributed by atoms with E-state index in [2.05, 4.69) is 15.3 Å². The molecule has 1 unspecified atom stereocenters. The third-order valence-corrected chi connectivity index (χ3v) is 4.19. The Labute approximate surface area is 163 Å². The molecule has 2 aromatic heterocycles. The summed E-state index contributed by atoms with van der Waals surface area (Å²) in [5.41, 5.74) is 1.55. The van der Waals surface area contributed by atoms with Crippen LogP contribution >= 0.6 is 0 Å². The molecule has 3 aromatic rings. The lowest BCUT2D eigenvalue weighted by molar-refractivity contribution is 0.0925. The minimum absolute atomic E-state index is 0.0399. The van der Waals surface area contributed by atoms with Gasteiger partial charge in [0.1, 0.15) is 6.61 Å². The summed E-state index contributed by atoms with van der Waals surface area (Å²) in [6.07, 6.45) is 6.96. The maximum absolute atomic E-state index is 12.9. The Bertz CT molecular complexity index is 988. The molecule has 7 heteroatoms. The van der Waals surface area contributed by atoms with E-state index in [0.29, 0.717) is 6.42 Å². The molecule has 1 amide bonds. The molecule has 0 aliphatic carbocycles. The third kappa shape index (κ3) is 4.82. The lowest BCUT2D eigenvalue weighted by Gasteiger charge is -2.17. The van der Waals surface area contributed by atoms with E-state index in [1.54, 1.807) is 36.4 Å². The van der Waals surface area contributed by atoms with Crippen LogP contribution in [0.1, 0.15) is 28.7 Å². The minimum atomic E-state index is -0.375. The highest BCUT2D eigenvalue weighted by Crippen LogP contribution is 2.15. The van der Waals surface area contributed by atoms with E-state index in [-0.39, 0.29) is 35.4 Å². The van der Waals surface area contributed by atoms with E-state index in [1.165, 1.54) is 6.07 Å². The van der Waals surface area contributed by atoms with Gasteiger partial charge in [0.25, 0.3) is 5.91 Å². The van der Waals surface area contributed by atoms with Crippen LogP contribution in [0.4, 0.5) is 0 Å². The Hall–Kier alpha value is -3.48. The summed E-state index contributed by atoms with van der Waals surface area (Å²) >= 11 is 0. The molecule has 7 nitrogen and oxygen atoms in total. The molecular formula is C21H22N4O3. The quantitative estimate of drug-likeness (QED) is 0.681. The van der Waals surface area contributed by atoms with Crippen molar-refractivity contribution in [3.8, 4) is 5.75 Å². The second-order valence-corrected chi connectivity index (χ2v) is 6.52. The highest BCUT2D eigenvalue weighted by Gasteiger charge is 2.20. The van der Waals surface area contributed by atoms with Gasteiger partial charge in [-0.3, -0.25) is 19.6 Å². The average Bonchev–Trinajstić information content (AvgIpc) is 2.69. The summed E-state index contributed by atoms with van der Waals surface area (Å²) in [6.45, 7) is 2.08. The van der Waals surface area contributed by atoms with Gasteiger partial charge in [0.05, 0.1) is 5.69 Å². The fraction of sp³-hybridized carbons (Fsp3) is 0.238. The zero-order chi connectivity index (χ0) is 19.9. The Balaban J connectivity index is 1.77. The van der Waals surface area contributed by atoms with Crippen LogP contribution in [0.5, 0.6) is 5.75 Å². The van der Waals surface area contributed by atoms with Gasteiger partial charge in [-0.1, -0.05) is 30.3 Å². The first-order chi connectivity index (χ1) is 13.5. The predicted octanol–water partition coefficient (Wildman–Crippen LogP) is 2.12. The number of pyridine rings is 1. The van der Waals surface area contributed by atoms with Gasteiger partial charge in [0.15, 0.2) is 11.4 Å². The maximum Gasteiger partial charge on any atom is 0.272 e. The van der Waals surface area contributed by atoms with E-state index < -0.39 is 0 Å². The van der Waals surface area contributed by atoms with Crippen LogP contribution in [0, 0.1) is 0 Å². The molecule has 1 N–H and O–H groups in total. The minimum Gasteiger partial charge on any atom is -0.483 e. The SMILES string of the molecule is CC(Cc1cnccn1)NC(=O)c1c(OCc2ccccc2)c(=O)ccn1C. The van der Waals surface area contributed by atoms with Gasteiger partial charge in [-0.15, -0.1) is 0 Å². The van der Waals surface area contributed by atoms with E-state index in [9.17, 15) is 9.59 Å². The Morgan fingerprint density at radius 1 is 1.21 bits per heavy atom. The Morgan fingerprint density at radius 3 is 2.71 bits per heavy atom. The molecule has 0 radical (unpaired) electrons. The fourth-order valence-electron chi connectivity index (χ4n) is 2.83. The second kappa shape index (κ2) is 8.94. The fourth-order valence-corrected chi connectivity index (χ4v) is 2.83. The molecule has 0 saturated heterocycles. The normalized spacial score (nSPS) is 11.6. The van der Waals surface area contributed by atoms with Crippen molar-refractivity contribution in [2.75, 3.05) is 0 Å². The summed E-state index contributed by atoms with van der Waals surface area (Å²) in [5, 5.41) is 2.90. The number of ether oxygens (including phenoxy) is 1. The largest absolute Gasteiger partial charge is 0.483 e. The van der Waals surface area contributed by atoms with E-state index in [1.807, 2.05) is 37.3 Å². The number of aromatic nitrogens is 3. The van der Waals surface area contributed by atoms with Crippen LogP contribution < -0.4 is 15.5 Å². The van der Waals surface area contributed by atoms with Crippen molar-refractivity contribution in [3.63, 3.8) is 0 Å². The van der Waals surface area contributed by atoms with Crippen LogP contribution in [-0.2, 0) is 20.1 Å². The first-order valence-corrected chi connectivity index (χ1v) is 8.96. The third-order valence-electron chi connectivity index (χ3n) is 4.19. The first-order valence-electron chi connectivity index (χ1n) is 8.96. The number of benzene rings is 1. The Morgan fingerprint density at radius 2 is 2.00 bits per heavy atom. The van der Waals surface area contributed by atoms with Crippen molar-refractivity contribution in [1.82, 2.24) is 19.9 Å². The van der Waals surface area contributed by atoms with E-state index >= 15 is 0 Å². The molecule has 3 rings (SSSR count). The highest BCUT2D eigenvalue weighted by atomic mass is 16.5. The molecule has 2 heterocycles. The summed E-state index contributed by atoms with van der Waals surface area (Å²) in [5.74, 6) is -0.335. The van der Waals surface area contributed by atoms with Gasteiger partial charge < -0.3 is 14.6 Å². The van der Waals surface area contributed by atoms with Crippen LogP contribution in [0.25, 0.3) is 0 Å². The first kappa shape index (κ1) is 19.3. The molecular weight excluding hydrogens is 356 g/mol. The highest BCUT2D eigenvalue weighted by molar-refractivity contribution is 5.95. The topological polar surface area (TPSA) is 86.1 Å². The summed E-state index contributed by atoms with van der Waals surface area (Å²) in [4.78, 5) is 33.5. The average molecular weight is 378 g/mol. The van der Waals surface area contributed by atoms with Crippen molar-refractivity contribution < 1.29 is 9.53 Å². The predicted molar refractivity (Wildman–Crippen MR) is 105 cm³/mol. The van der Waals surface area contributed by atoms with E-state index in [4.69, 9.17) is 4.74 Å². The molecule has 0 aliphatic heterocycles. The smallest absolute Gasteiger partial charge is 0.272 e. The second-order valence-electron chi connectivity index (χ2n) is 6.52. The molecule has 1 atom stereocenters. The van der Waals surface area contributed by atoms with Crippen LogP contribution in [-0.4, -0.2) is 26.5 Å². The van der Waals surface area contributed by atoms with Crippen molar-refractivity contribution in [2.45, 2.75) is 26.0 Å². The van der Waals surface area contributed by atoms with Gasteiger partial charge in [-0.2, -0.15) is 0 Å². The number of nitrogens with one attached hydrogen (secondary N) is 1. The number of carbonyl (C=O) groups excluding carboxylic acids is 1. The molecule has 0 spiro atoms. The number of aryl methyl sites for hydroxylation is 1. The number of hydrogen-bond donors (Lipinski definition) is 1. The molecule has 0 fully saturated rings. The maximum atomic E-state index is 12.9. The van der Waals surface area contributed by atoms with Gasteiger partial charge in [0, 0.05) is 50.4 Å². The van der Waals surface area contributed by atoms with Gasteiger partial charge in [-0.05, 0) is 12.5 Å². The zero-order valence-corrected chi connectivity index (χ0v) is 15.8. The lowest BCUT2D eigenvalue weighted by atomic mass is 10.1.